The second kappa shape index (κ2) is 10.5. The van der Waals surface area contributed by atoms with Crippen molar-refractivity contribution in [3.63, 3.8) is 0 Å². The van der Waals surface area contributed by atoms with Crippen LogP contribution in [0.4, 0.5) is 10.1 Å². The van der Waals surface area contributed by atoms with E-state index in [2.05, 4.69) is 15.8 Å². The second-order valence-electron chi connectivity index (χ2n) is 6.29. The lowest BCUT2D eigenvalue weighted by Gasteiger charge is -2.10. The van der Waals surface area contributed by atoms with Crippen molar-refractivity contribution in [3.8, 4) is 11.5 Å². The van der Waals surface area contributed by atoms with Crippen molar-refractivity contribution in [2.45, 2.75) is 0 Å². The molecular formula is C23H20FN3O4. The van der Waals surface area contributed by atoms with E-state index in [0.29, 0.717) is 22.6 Å². The number of amides is 2. The van der Waals surface area contributed by atoms with Crippen molar-refractivity contribution in [1.29, 1.82) is 0 Å². The van der Waals surface area contributed by atoms with Crippen LogP contribution in [0.3, 0.4) is 0 Å². The van der Waals surface area contributed by atoms with E-state index in [1.165, 1.54) is 31.5 Å². The summed E-state index contributed by atoms with van der Waals surface area (Å²) in [5, 5.41) is 6.39. The number of hydrogen-bond donors (Lipinski definition) is 2. The number of carbonyl (C=O) groups is 2. The predicted molar refractivity (Wildman–Crippen MR) is 115 cm³/mol. The van der Waals surface area contributed by atoms with Crippen molar-refractivity contribution in [3.05, 3.63) is 89.7 Å². The fourth-order valence-electron chi connectivity index (χ4n) is 2.60. The number of methoxy groups -OCH3 is 1. The molecule has 0 heterocycles. The molecule has 2 N–H and O–H groups in total. The maximum absolute atomic E-state index is 13.6. The molecule has 0 fully saturated rings. The van der Waals surface area contributed by atoms with Gasteiger partial charge in [0.05, 0.1) is 19.0 Å². The van der Waals surface area contributed by atoms with Gasteiger partial charge in [-0.3, -0.25) is 9.59 Å². The largest absolute Gasteiger partial charge is 0.497 e. The summed E-state index contributed by atoms with van der Waals surface area (Å²) in [6.07, 6.45) is 1.40. The number of ether oxygens (including phenoxy) is 2. The smallest absolute Gasteiger partial charge is 0.271 e. The number of benzene rings is 3. The minimum absolute atomic E-state index is 0.0752. The van der Waals surface area contributed by atoms with Gasteiger partial charge in [-0.25, -0.2) is 9.82 Å². The lowest BCUT2D eigenvalue weighted by atomic mass is 10.2. The molecule has 0 aliphatic rings. The molecule has 0 saturated heterocycles. The molecule has 7 nitrogen and oxygen atoms in total. The van der Waals surface area contributed by atoms with Gasteiger partial charge in [-0.05, 0) is 42.5 Å². The highest BCUT2D eigenvalue weighted by Crippen LogP contribution is 2.17. The molecule has 3 aromatic carbocycles. The molecule has 0 saturated carbocycles. The average molecular weight is 421 g/mol. The Morgan fingerprint density at radius 1 is 1.03 bits per heavy atom. The van der Waals surface area contributed by atoms with Crippen molar-refractivity contribution < 1.29 is 23.5 Å². The molecule has 8 heteroatoms. The van der Waals surface area contributed by atoms with Gasteiger partial charge in [0.15, 0.2) is 6.61 Å². The number of para-hydroxylation sites is 2. The van der Waals surface area contributed by atoms with E-state index in [4.69, 9.17) is 9.47 Å². The minimum Gasteiger partial charge on any atom is -0.497 e. The Bertz CT molecular complexity index is 1100. The number of hydrazone groups is 1. The summed E-state index contributed by atoms with van der Waals surface area (Å²) >= 11 is 0. The Kier molecular flexibility index (Phi) is 7.31. The van der Waals surface area contributed by atoms with E-state index in [1.807, 2.05) is 0 Å². The van der Waals surface area contributed by atoms with Gasteiger partial charge in [-0.15, -0.1) is 0 Å². The molecule has 3 rings (SSSR count). The molecule has 0 unspecified atom stereocenters. The number of hydrogen-bond acceptors (Lipinski definition) is 5. The maximum Gasteiger partial charge on any atom is 0.271 e. The van der Waals surface area contributed by atoms with Crippen LogP contribution in [0.1, 0.15) is 15.9 Å². The van der Waals surface area contributed by atoms with Gasteiger partial charge in [0, 0.05) is 11.1 Å². The molecule has 0 radical (unpaired) electrons. The van der Waals surface area contributed by atoms with E-state index >= 15 is 0 Å². The highest BCUT2D eigenvalue weighted by molar-refractivity contribution is 5.95. The van der Waals surface area contributed by atoms with Gasteiger partial charge in [-0.2, -0.15) is 5.10 Å². The standard InChI is InChI=1S/C23H20FN3O4/c1-30-18-9-6-8-16(13-18)23(29)27-25-14-17-7-2-5-12-21(17)31-15-22(28)26-20-11-4-3-10-19(20)24/h2-14H,15H2,1H3,(H,26,28)(H,27,29). The molecule has 0 spiro atoms. The monoisotopic (exact) mass is 421 g/mol. The van der Waals surface area contributed by atoms with Gasteiger partial charge in [0.2, 0.25) is 0 Å². The average Bonchev–Trinajstić information content (AvgIpc) is 2.80. The molecule has 0 aliphatic heterocycles. The van der Waals surface area contributed by atoms with Crippen LogP contribution in [-0.2, 0) is 4.79 Å². The summed E-state index contributed by atoms with van der Waals surface area (Å²) < 4.78 is 24.3. The molecule has 2 amide bonds. The number of halogens is 1. The highest BCUT2D eigenvalue weighted by Gasteiger charge is 2.09. The first-order valence-electron chi connectivity index (χ1n) is 9.30. The summed E-state index contributed by atoms with van der Waals surface area (Å²) in [5.74, 6) is -0.509. The van der Waals surface area contributed by atoms with E-state index in [-0.39, 0.29) is 12.3 Å². The summed E-state index contributed by atoms with van der Waals surface area (Å²) in [4.78, 5) is 24.3. The van der Waals surface area contributed by atoms with Crippen molar-refractivity contribution in [1.82, 2.24) is 5.43 Å². The Morgan fingerprint density at radius 2 is 1.81 bits per heavy atom. The molecule has 3 aromatic rings. The van der Waals surface area contributed by atoms with Gasteiger partial charge >= 0.3 is 0 Å². The first kappa shape index (κ1) is 21.5. The molecule has 0 aliphatic carbocycles. The lowest BCUT2D eigenvalue weighted by Crippen LogP contribution is -2.21. The normalized spacial score (nSPS) is 10.5. The quantitative estimate of drug-likeness (QED) is 0.430. The number of nitrogens with one attached hydrogen (secondary N) is 2. The van der Waals surface area contributed by atoms with Crippen molar-refractivity contribution in [2.24, 2.45) is 5.10 Å². The van der Waals surface area contributed by atoms with Crippen LogP contribution in [0.5, 0.6) is 11.5 Å². The lowest BCUT2D eigenvalue weighted by molar-refractivity contribution is -0.118. The Labute approximate surface area is 178 Å². The van der Waals surface area contributed by atoms with Crippen molar-refractivity contribution in [2.75, 3.05) is 19.0 Å². The number of nitrogens with zero attached hydrogens (tertiary/aromatic N) is 1. The predicted octanol–water partition coefficient (Wildman–Crippen LogP) is 3.62. The molecule has 0 bridgehead atoms. The fourth-order valence-corrected chi connectivity index (χ4v) is 2.60. The van der Waals surface area contributed by atoms with E-state index in [1.54, 1.807) is 54.6 Å². The fraction of sp³-hybridized carbons (Fsp3) is 0.0870. The van der Waals surface area contributed by atoms with Crippen LogP contribution in [0.2, 0.25) is 0 Å². The first-order chi connectivity index (χ1) is 15.1. The highest BCUT2D eigenvalue weighted by atomic mass is 19.1. The van der Waals surface area contributed by atoms with E-state index in [9.17, 15) is 14.0 Å². The maximum atomic E-state index is 13.6. The zero-order chi connectivity index (χ0) is 22.1. The van der Waals surface area contributed by atoms with Crippen LogP contribution in [0, 0.1) is 5.82 Å². The van der Waals surface area contributed by atoms with E-state index in [0.717, 1.165) is 0 Å². The van der Waals surface area contributed by atoms with Crippen molar-refractivity contribution >= 4 is 23.7 Å². The number of anilines is 1. The summed E-state index contributed by atoms with van der Waals surface area (Å²) in [6.45, 7) is -0.324. The van der Waals surface area contributed by atoms with Crippen LogP contribution < -0.4 is 20.2 Å². The Balaban J connectivity index is 1.59. The second-order valence-corrected chi connectivity index (χ2v) is 6.29. The molecule has 158 valence electrons. The van der Waals surface area contributed by atoms with Gasteiger partial charge < -0.3 is 14.8 Å². The van der Waals surface area contributed by atoms with Crippen LogP contribution in [-0.4, -0.2) is 31.7 Å². The van der Waals surface area contributed by atoms with E-state index < -0.39 is 17.6 Å². The third kappa shape index (κ3) is 6.14. The SMILES string of the molecule is COc1cccc(C(=O)NN=Cc2ccccc2OCC(=O)Nc2ccccc2F)c1. The number of carbonyl (C=O) groups excluding carboxylic acids is 2. The van der Waals surface area contributed by atoms with Crippen LogP contribution in [0.25, 0.3) is 0 Å². The topological polar surface area (TPSA) is 89.0 Å². The zero-order valence-electron chi connectivity index (χ0n) is 16.7. The summed E-state index contributed by atoms with van der Waals surface area (Å²) in [5.41, 5.74) is 3.45. The van der Waals surface area contributed by atoms with Gasteiger partial charge in [0.1, 0.15) is 17.3 Å². The number of rotatable bonds is 8. The van der Waals surface area contributed by atoms with Gasteiger partial charge in [0.25, 0.3) is 11.8 Å². The zero-order valence-corrected chi connectivity index (χ0v) is 16.7. The summed E-state index contributed by atoms with van der Waals surface area (Å²) in [6, 6.07) is 19.4. The molecule has 0 atom stereocenters. The third-order valence-corrected chi connectivity index (χ3v) is 4.13. The molecule has 0 aromatic heterocycles. The first-order valence-corrected chi connectivity index (χ1v) is 9.30. The minimum atomic E-state index is -0.532. The van der Waals surface area contributed by atoms with Crippen LogP contribution >= 0.6 is 0 Å². The Morgan fingerprint density at radius 3 is 2.61 bits per heavy atom. The third-order valence-electron chi connectivity index (χ3n) is 4.13. The molecule has 31 heavy (non-hydrogen) atoms. The Hall–Kier alpha value is -4.20. The summed E-state index contributed by atoms with van der Waals surface area (Å²) in [7, 11) is 1.52. The van der Waals surface area contributed by atoms with Crippen LogP contribution in [0.15, 0.2) is 77.9 Å². The molecular weight excluding hydrogens is 401 g/mol. The van der Waals surface area contributed by atoms with Gasteiger partial charge in [-0.1, -0.05) is 30.3 Å².